The third kappa shape index (κ3) is 2.44. The van der Waals surface area contributed by atoms with Gasteiger partial charge < -0.3 is 10.1 Å². The number of hydrogen-bond donors (Lipinski definition) is 0. The maximum absolute atomic E-state index is 12.4. The molecule has 1 aromatic heterocycles. The Hall–Kier alpha value is -2.17. The van der Waals surface area contributed by atoms with E-state index in [0.717, 1.165) is 0 Å². The number of rotatable bonds is 2. The smallest absolute Gasteiger partial charge is 0.358 e. The number of alkyl halides is 3. The van der Waals surface area contributed by atoms with Crippen LogP contribution in [0.25, 0.3) is 0 Å². The molecule has 0 amide bonds. The van der Waals surface area contributed by atoms with E-state index in [9.17, 15) is 23.3 Å². The Morgan fingerprint density at radius 1 is 1.50 bits per heavy atom. The average Bonchev–Trinajstić information content (AvgIpc) is 2.16. The van der Waals surface area contributed by atoms with Gasteiger partial charge in [-0.1, -0.05) is 0 Å². The van der Waals surface area contributed by atoms with Crippen LogP contribution in [0.15, 0.2) is 12.1 Å². The van der Waals surface area contributed by atoms with Crippen molar-refractivity contribution in [1.29, 1.82) is 5.26 Å². The van der Waals surface area contributed by atoms with Gasteiger partial charge in [0.2, 0.25) is 0 Å². The largest absolute Gasteiger partial charge is 0.420 e. The van der Waals surface area contributed by atoms with Gasteiger partial charge in [-0.2, -0.15) is 18.4 Å². The van der Waals surface area contributed by atoms with Crippen molar-refractivity contribution >= 4 is 5.82 Å². The molecule has 0 spiro atoms. The van der Waals surface area contributed by atoms with Crippen molar-refractivity contribution in [3.05, 3.63) is 33.5 Å². The van der Waals surface area contributed by atoms with Crippen LogP contribution < -0.4 is 0 Å². The molecule has 0 N–H and O–H groups in total. The van der Waals surface area contributed by atoms with Crippen molar-refractivity contribution in [1.82, 2.24) is 4.98 Å². The van der Waals surface area contributed by atoms with E-state index in [1.807, 2.05) is 0 Å². The summed E-state index contributed by atoms with van der Waals surface area (Å²) in [5.74, 6) is -0.710. The first-order valence-corrected chi connectivity index (χ1v) is 3.94. The highest BCUT2D eigenvalue weighted by atomic mass is 19.4. The van der Waals surface area contributed by atoms with Gasteiger partial charge in [0.15, 0.2) is 5.69 Å². The highest BCUT2D eigenvalue weighted by Crippen LogP contribution is 2.32. The minimum absolute atomic E-state index is 0.553. The molecule has 0 bridgehead atoms. The summed E-state index contributed by atoms with van der Waals surface area (Å²) in [6.07, 6.45) is -5.30. The molecule has 0 aliphatic carbocycles. The number of halogens is 3. The normalized spacial score (nSPS) is 10.9. The molecule has 0 aliphatic rings. The second-order valence-electron chi connectivity index (χ2n) is 2.75. The molecule has 0 fully saturated rings. The number of pyridine rings is 1. The molecule has 0 aliphatic heterocycles. The molecule has 84 valence electrons. The van der Waals surface area contributed by atoms with E-state index >= 15 is 0 Å². The molecule has 5 nitrogen and oxygen atoms in total. The zero-order valence-electron chi connectivity index (χ0n) is 7.65. The lowest BCUT2D eigenvalue weighted by atomic mass is 10.1. The predicted octanol–water partition coefficient (Wildman–Crippen LogP) is 2.07. The van der Waals surface area contributed by atoms with Crippen molar-refractivity contribution < 1.29 is 18.1 Å². The number of aromatic nitrogens is 1. The van der Waals surface area contributed by atoms with Crippen molar-refractivity contribution in [2.75, 3.05) is 0 Å². The standard InChI is InChI=1S/C8H4F3N3O2/c9-8(10,11)5-1-2-7(14(15)16)13-6(5)3-4-12/h1-2H,3H2. The van der Waals surface area contributed by atoms with Gasteiger partial charge in [0, 0.05) is 6.07 Å². The molecule has 0 atom stereocenters. The molecule has 8 heteroatoms. The molecule has 1 aromatic rings. The van der Waals surface area contributed by atoms with Gasteiger partial charge in [-0.25, -0.2) is 0 Å². The molecular formula is C8H4F3N3O2. The highest BCUT2D eigenvalue weighted by Gasteiger charge is 2.36. The first-order chi connectivity index (χ1) is 7.36. The van der Waals surface area contributed by atoms with E-state index in [1.165, 1.54) is 6.07 Å². The van der Waals surface area contributed by atoms with Gasteiger partial charge in [0.05, 0.1) is 6.07 Å². The van der Waals surface area contributed by atoms with Crippen molar-refractivity contribution in [3.8, 4) is 6.07 Å². The van der Waals surface area contributed by atoms with Crippen LogP contribution in [-0.2, 0) is 12.6 Å². The van der Waals surface area contributed by atoms with Crippen molar-refractivity contribution in [3.63, 3.8) is 0 Å². The maximum Gasteiger partial charge on any atom is 0.420 e. The molecule has 0 saturated heterocycles. The zero-order chi connectivity index (χ0) is 12.3. The van der Waals surface area contributed by atoms with Crippen LogP contribution in [-0.4, -0.2) is 9.91 Å². The SMILES string of the molecule is N#CCc1nc([N+](=O)[O-])ccc1C(F)(F)F. The summed E-state index contributed by atoms with van der Waals surface area (Å²) < 4.78 is 37.2. The summed E-state index contributed by atoms with van der Waals surface area (Å²) >= 11 is 0. The third-order valence-corrected chi connectivity index (χ3v) is 1.70. The number of nitro groups is 1. The molecule has 1 heterocycles. The molecule has 16 heavy (non-hydrogen) atoms. The molecule has 0 unspecified atom stereocenters. The monoisotopic (exact) mass is 231 g/mol. The Morgan fingerprint density at radius 2 is 2.12 bits per heavy atom. The number of nitriles is 1. The lowest BCUT2D eigenvalue weighted by Crippen LogP contribution is -2.11. The molecule has 0 aromatic carbocycles. The molecule has 0 radical (unpaired) electrons. The van der Waals surface area contributed by atoms with Gasteiger partial charge in [-0.3, -0.25) is 0 Å². The van der Waals surface area contributed by atoms with E-state index in [0.29, 0.717) is 12.1 Å². The van der Waals surface area contributed by atoms with Crippen LogP contribution in [0.4, 0.5) is 19.0 Å². The van der Waals surface area contributed by atoms with Gasteiger partial charge in [0.25, 0.3) is 0 Å². The molecular weight excluding hydrogens is 227 g/mol. The number of hydrogen-bond acceptors (Lipinski definition) is 4. The van der Waals surface area contributed by atoms with E-state index in [1.54, 1.807) is 0 Å². The van der Waals surface area contributed by atoms with E-state index in [2.05, 4.69) is 4.98 Å². The summed E-state index contributed by atoms with van der Waals surface area (Å²) in [7, 11) is 0. The summed E-state index contributed by atoms with van der Waals surface area (Å²) in [6.45, 7) is 0. The van der Waals surface area contributed by atoms with Crippen LogP contribution in [0, 0.1) is 21.4 Å². The fourth-order valence-corrected chi connectivity index (χ4v) is 1.06. The predicted molar refractivity (Wildman–Crippen MR) is 45.2 cm³/mol. The van der Waals surface area contributed by atoms with Crippen LogP contribution >= 0.6 is 0 Å². The molecule has 1 rings (SSSR count). The lowest BCUT2D eigenvalue weighted by molar-refractivity contribution is -0.389. The first kappa shape index (κ1) is 11.9. The van der Waals surface area contributed by atoms with Gasteiger partial charge in [-0.05, 0) is 16.0 Å². The maximum atomic E-state index is 12.4. The van der Waals surface area contributed by atoms with Gasteiger partial charge >= 0.3 is 12.0 Å². The van der Waals surface area contributed by atoms with Crippen LogP contribution in [0.5, 0.6) is 0 Å². The number of nitrogens with zero attached hydrogens (tertiary/aromatic N) is 3. The Labute approximate surface area is 87.3 Å². The summed E-state index contributed by atoms with van der Waals surface area (Å²) in [5, 5.41) is 18.6. The van der Waals surface area contributed by atoms with Crippen LogP contribution in [0.2, 0.25) is 0 Å². The lowest BCUT2D eigenvalue weighted by Gasteiger charge is -2.06. The topological polar surface area (TPSA) is 79.8 Å². The van der Waals surface area contributed by atoms with E-state index < -0.39 is 34.6 Å². The second kappa shape index (κ2) is 4.14. The average molecular weight is 231 g/mol. The quantitative estimate of drug-likeness (QED) is 0.576. The fraction of sp³-hybridized carbons (Fsp3) is 0.250. The minimum atomic E-state index is -4.67. The van der Waals surface area contributed by atoms with Crippen molar-refractivity contribution in [2.45, 2.75) is 12.6 Å². The van der Waals surface area contributed by atoms with Crippen LogP contribution in [0.1, 0.15) is 11.3 Å². The Morgan fingerprint density at radius 3 is 2.56 bits per heavy atom. The second-order valence-corrected chi connectivity index (χ2v) is 2.75. The Bertz CT molecular complexity index is 465. The summed E-state index contributed by atoms with van der Waals surface area (Å²) in [4.78, 5) is 12.6. The van der Waals surface area contributed by atoms with E-state index in [-0.39, 0.29) is 0 Å². The van der Waals surface area contributed by atoms with E-state index in [4.69, 9.17) is 5.26 Å². The highest BCUT2D eigenvalue weighted by molar-refractivity contribution is 5.32. The molecule has 0 saturated carbocycles. The minimum Gasteiger partial charge on any atom is -0.358 e. The summed E-state index contributed by atoms with van der Waals surface area (Å²) in [6, 6.07) is 2.69. The zero-order valence-corrected chi connectivity index (χ0v) is 7.65. The summed E-state index contributed by atoms with van der Waals surface area (Å²) in [5.41, 5.74) is -1.76. The Kier molecular flexibility index (Phi) is 3.08. The van der Waals surface area contributed by atoms with Gasteiger partial charge in [-0.15, -0.1) is 0 Å². The third-order valence-electron chi connectivity index (χ3n) is 1.70. The van der Waals surface area contributed by atoms with Gasteiger partial charge in [0.1, 0.15) is 12.0 Å². The van der Waals surface area contributed by atoms with Crippen molar-refractivity contribution in [2.24, 2.45) is 0 Å². The van der Waals surface area contributed by atoms with Crippen LogP contribution in [0.3, 0.4) is 0 Å². The fourth-order valence-electron chi connectivity index (χ4n) is 1.06. The first-order valence-electron chi connectivity index (χ1n) is 3.94. The Balaban J connectivity index is 3.31.